The zero-order chi connectivity index (χ0) is 17.7. The Bertz CT molecular complexity index is 744. The van der Waals surface area contributed by atoms with Crippen molar-refractivity contribution in [2.24, 2.45) is 5.10 Å². The van der Waals surface area contributed by atoms with E-state index in [1.54, 1.807) is 19.1 Å². The molecule has 1 amide bonds. The highest BCUT2D eigenvalue weighted by molar-refractivity contribution is 5.99. The molecule has 0 unspecified atom stereocenters. The van der Waals surface area contributed by atoms with E-state index in [1.807, 2.05) is 20.8 Å². The van der Waals surface area contributed by atoms with Crippen LogP contribution in [0.5, 0.6) is 0 Å². The van der Waals surface area contributed by atoms with E-state index in [1.165, 1.54) is 17.7 Å². The number of carbonyl (C=O) groups is 1. The van der Waals surface area contributed by atoms with Crippen LogP contribution in [0.1, 0.15) is 29.2 Å². The predicted molar refractivity (Wildman–Crippen MR) is 95.9 cm³/mol. The SMILES string of the molecule is C/C(=N/NC(=O)CNc1c(C)cc(C)cc1C)c1ccc(F)cc1. The Labute approximate surface area is 141 Å². The van der Waals surface area contributed by atoms with Crippen molar-refractivity contribution in [1.29, 1.82) is 0 Å². The normalized spacial score (nSPS) is 11.3. The summed E-state index contributed by atoms with van der Waals surface area (Å²) in [7, 11) is 0. The highest BCUT2D eigenvalue weighted by atomic mass is 19.1. The molecule has 0 radical (unpaired) electrons. The van der Waals surface area contributed by atoms with E-state index in [4.69, 9.17) is 0 Å². The van der Waals surface area contributed by atoms with Gasteiger partial charge < -0.3 is 5.32 Å². The maximum Gasteiger partial charge on any atom is 0.259 e. The van der Waals surface area contributed by atoms with Crippen LogP contribution < -0.4 is 10.7 Å². The molecule has 0 spiro atoms. The number of nitrogens with one attached hydrogen (secondary N) is 2. The first-order valence-corrected chi connectivity index (χ1v) is 7.77. The molecule has 2 aromatic rings. The molecule has 126 valence electrons. The Morgan fingerprint density at radius 2 is 1.67 bits per heavy atom. The molecule has 0 atom stereocenters. The molecule has 0 aliphatic heterocycles. The van der Waals surface area contributed by atoms with Crippen molar-refractivity contribution in [3.05, 3.63) is 64.5 Å². The van der Waals surface area contributed by atoms with E-state index in [9.17, 15) is 9.18 Å². The van der Waals surface area contributed by atoms with Crippen LogP contribution in [-0.4, -0.2) is 18.2 Å². The zero-order valence-electron chi connectivity index (χ0n) is 14.4. The molecule has 0 aliphatic rings. The fraction of sp³-hybridized carbons (Fsp3) is 0.263. The highest BCUT2D eigenvalue weighted by Crippen LogP contribution is 2.21. The first-order valence-electron chi connectivity index (χ1n) is 7.77. The molecule has 2 N–H and O–H groups in total. The largest absolute Gasteiger partial charge is 0.376 e. The molecule has 0 heterocycles. The van der Waals surface area contributed by atoms with Crippen LogP contribution in [0, 0.1) is 26.6 Å². The average molecular weight is 327 g/mol. The van der Waals surface area contributed by atoms with Gasteiger partial charge in [0.25, 0.3) is 5.91 Å². The molecule has 0 aromatic heterocycles. The number of amides is 1. The molecule has 0 aliphatic carbocycles. The maximum absolute atomic E-state index is 12.9. The van der Waals surface area contributed by atoms with Gasteiger partial charge in [-0.1, -0.05) is 29.8 Å². The second kappa shape index (κ2) is 7.73. The van der Waals surface area contributed by atoms with Crippen LogP contribution in [0.3, 0.4) is 0 Å². The molecule has 0 saturated carbocycles. The number of nitrogens with zero attached hydrogens (tertiary/aromatic N) is 1. The number of hydrogen-bond acceptors (Lipinski definition) is 3. The fourth-order valence-corrected chi connectivity index (χ4v) is 2.57. The van der Waals surface area contributed by atoms with Gasteiger partial charge in [-0.15, -0.1) is 0 Å². The van der Waals surface area contributed by atoms with Crippen molar-refractivity contribution in [3.63, 3.8) is 0 Å². The summed E-state index contributed by atoms with van der Waals surface area (Å²) in [6, 6.07) is 10.1. The van der Waals surface area contributed by atoms with Gasteiger partial charge in [-0.3, -0.25) is 4.79 Å². The molecule has 0 fully saturated rings. The lowest BCUT2D eigenvalue weighted by Crippen LogP contribution is -2.27. The van der Waals surface area contributed by atoms with Crippen LogP contribution in [-0.2, 0) is 4.79 Å². The number of halogens is 1. The second-order valence-electron chi connectivity index (χ2n) is 5.87. The molecule has 0 bridgehead atoms. The molecule has 5 heteroatoms. The van der Waals surface area contributed by atoms with Crippen molar-refractivity contribution in [1.82, 2.24) is 5.43 Å². The van der Waals surface area contributed by atoms with Crippen LogP contribution in [0.2, 0.25) is 0 Å². The minimum atomic E-state index is -0.302. The van der Waals surface area contributed by atoms with E-state index in [0.717, 1.165) is 22.4 Å². The lowest BCUT2D eigenvalue weighted by atomic mass is 10.1. The van der Waals surface area contributed by atoms with Gasteiger partial charge in [0.05, 0.1) is 12.3 Å². The molecular weight excluding hydrogens is 305 g/mol. The third kappa shape index (κ3) is 4.65. The summed E-state index contributed by atoms with van der Waals surface area (Å²) in [5.41, 5.74) is 8.25. The number of benzene rings is 2. The van der Waals surface area contributed by atoms with Gasteiger partial charge in [0.15, 0.2) is 0 Å². The number of aryl methyl sites for hydroxylation is 3. The van der Waals surface area contributed by atoms with Crippen molar-refractivity contribution in [2.75, 3.05) is 11.9 Å². The van der Waals surface area contributed by atoms with Gasteiger partial charge in [0, 0.05) is 5.69 Å². The Hall–Kier alpha value is -2.69. The van der Waals surface area contributed by atoms with Gasteiger partial charge in [-0.25, -0.2) is 9.82 Å². The quantitative estimate of drug-likeness (QED) is 0.650. The first-order chi connectivity index (χ1) is 11.4. The standard InChI is InChI=1S/C19H22FN3O/c1-12-9-13(2)19(14(3)10-12)21-11-18(24)23-22-15(4)16-5-7-17(20)8-6-16/h5-10,21H,11H2,1-4H3,(H,23,24)/b22-15-. The zero-order valence-corrected chi connectivity index (χ0v) is 14.4. The van der Waals surface area contributed by atoms with E-state index >= 15 is 0 Å². The van der Waals surface area contributed by atoms with Crippen LogP contribution in [0.4, 0.5) is 10.1 Å². The second-order valence-corrected chi connectivity index (χ2v) is 5.87. The summed E-state index contributed by atoms with van der Waals surface area (Å²) in [4.78, 5) is 12.0. The van der Waals surface area contributed by atoms with Gasteiger partial charge in [-0.2, -0.15) is 5.10 Å². The van der Waals surface area contributed by atoms with Crippen LogP contribution >= 0.6 is 0 Å². The van der Waals surface area contributed by atoms with E-state index in [-0.39, 0.29) is 18.3 Å². The molecule has 2 aromatic carbocycles. The van der Waals surface area contributed by atoms with E-state index < -0.39 is 0 Å². The number of hydrazone groups is 1. The summed E-state index contributed by atoms with van der Waals surface area (Å²) in [6.07, 6.45) is 0. The maximum atomic E-state index is 12.9. The van der Waals surface area contributed by atoms with E-state index in [0.29, 0.717) is 5.71 Å². The third-order valence-electron chi connectivity index (χ3n) is 3.71. The lowest BCUT2D eigenvalue weighted by Gasteiger charge is -2.13. The summed E-state index contributed by atoms with van der Waals surface area (Å²) in [5.74, 6) is -0.542. The van der Waals surface area contributed by atoms with Gasteiger partial charge in [0.1, 0.15) is 5.82 Å². The molecule has 4 nitrogen and oxygen atoms in total. The van der Waals surface area contributed by atoms with Crippen LogP contribution in [0.25, 0.3) is 0 Å². The van der Waals surface area contributed by atoms with Gasteiger partial charge in [-0.05, 0) is 56.5 Å². The monoisotopic (exact) mass is 327 g/mol. The number of carbonyl (C=O) groups excluding carboxylic acids is 1. The first kappa shape index (κ1) is 17.7. The van der Waals surface area contributed by atoms with Crippen LogP contribution in [0.15, 0.2) is 41.5 Å². The van der Waals surface area contributed by atoms with Crippen molar-refractivity contribution < 1.29 is 9.18 Å². The van der Waals surface area contributed by atoms with E-state index in [2.05, 4.69) is 28.0 Å². The molecular formula is C19H22FN3O. The lowest BCUT2D eigenvalue weighted by molar-refractivity contribution is -0.119. The van der Waals surface area contributed by atoms with Crippen molar-refractivity contribution in [2.45, 2.75) is 27.7 Å². The fourth-order valence-electron chi connectivity index (χ4n) is 2.57. The molecule has 24 heavy (non-hydrogen) atoms. The predicted octanol–water partition coefficient (Wildman–Crippen LogP) is 3.70. The summed E-state index contributed by atoms with van der Waals surface area (Å²) in [6.45, 7) is 7.96. The Kier molecular flexibility index (Phi) is 5.68. The summed E-state index contributed by atoms with van der Waals surface area (Å²) < 4.78 is 12.9. The third-order valence-corrected chi connectivity index (χ3v) is 3.71. The van der Waals surface area contributed by atoms with Gasteiger partial charge in [0.2, 0.25) is 0 Å². The number of hydrogen-bond donors (Lipinski definition) is 2. The number of rotatable bonds is 5. The Morgan fingerprint density at radius 3 is 2.25 bits per heavy atom. The molecule has 0 saturated heterocycles. The van der Waals surface area contributed by atoms with Gasteiger partial charge >= 0.3 is 0 Å². The average Bonchev–Trinajstić information content (AvgIpc) is 2.52. The minimum absolute atomic E-state index is 0.130. The van der Waals surface area contributed by atoms with Crippen molar-refractivity contribution in [3.8, 4) is 0 Å². The Morgan fingerprint density at radius 1 is 1.08 bits per heavy atom. The minimum Gasteiger partial charge on any atom is -0.376 e. The molecule has 2 rings (SSSR count). The Balaban J connectivity index is 1.94. The number of anilines is 1. The summed E-state index contributed by atoms with van der Waals surface area (Å²) in [5, 5.41) is 7.20. The smallest absolute Gasteiger partial charge is 0.259 e. The summed E-state index contributed by atoms with van der Waals surface area (Å²) >= 11 is 0. The van der Waals surface area contributed by atoms with Crippen molar-refractivity contribution >= 4 is 17.3 Å². The highest BCUT2D eigenvalue weighted by Gasteiger charge is 2.06. The topological polar surface area (TPSA) is 53.5 Å².